The van der Waals surface area contributed by atoms with E-state index >= 15 is 0 Å². The van der Waals surface area contributed by atoms with Crippen LogP contribution >= 0.6 is 0 Å². The molecule has 2 fully saturated rings. The van der Waals surface area contributed by atoms with Crippen molar-refractivity contribution in [2.75, 3.05) is 36.5 Å². The maximum absolute atomic E-state index is 5.74. The lowest BCUT2D eigenvalue weighted by atomic mass is 10.0. The van der Waals surface area contributed by atoms with Crippen LogP contribution in [0, 0.1) is 0 Å². The second kappa shape index (κ2) is 6.13. The minimum absolute atomic E-state index is 0.390. The topological polar surface area (TPSA) is 85.5 Å². The average Bonchev–Trinajstić information content (AvgIpc) is 3.26. The lowest BCUT2D eigenvalue weighted by Crippen LogP contribution is -2.45. The Labute approximate surface area is 133 Å². The predicted octanol–water partition coefficient (Wildman–Crippen LogP) is 1.42. The van der Waals surface area contributed by atoms with Gasteiger partial charge < -0.3 is 24.1 Å². The third-order valence-corrected chi connectivity index (χ3v) is 4.19. The molecule has 0 amide bonds. The summed E-state index contributed by atoms with van der Waals surface area (Å²) in [6, 6.07) is 3.77. The summed E-state index contributed by atoms with van der Waals surface area (Å²) in [6.07, 6.45) is 4.90. The number of piperidine rings is 1. The molecule has 0 saturated carbocycles. The van der Waals surface area contributed by atoms with Crippen LogP contribution in [0.4, 0.5) is 11.8 Å². The van der Waals surface area contributed by atoms with Gasteiger partial charge in [0.2, 0.25) is 5.95 Å². The largest absolute Gasteiger partial charge is 0.467 e. The monoisotopic (exact) mass is 317 g/mol. The minimum atomic E-state index is -0.390. The Morgan fingerprint density at radius 3 is 2.78 bits per heavy atom. The molecule has 2 saturated heterocycles. The number of hydrogen-bond donors (Lipinski definition) is 1. The van der Waals surface area contributed by atoms with Gasteiger partial charge in [0.1, 0.15) is 5.76 Å². The van der Waals surface area contributed by atoms with Crippen LogP contribution in [0.1, 0.15) is 18.6 Å². The van der Waals surface area contributed by atoms with Gasteiger partial charge in [-0.15, -0.1) is 5.10 Å². The van der Waals surface area contributed by atoms with Crippen molar-refractivity contribution in [1.82, 2.24) is 15.2 Å². The van der Waals surface area contributed by atoms with E-state index in [1.807, 2.05) is 12.1 Å². The number of furan rings is 1. The van der Waals surface area contributed by atoms with Gasteiger partial charge in [-0.3, -0.25) is 0 Å². The molecule has 0 aliphatic carbocycles. The van der Waals surface area contributed by atoms with E-state index in [0.717, 1.165) is 31.7 Å². The van der Waals surface area contributed by atoms with Gasteiger partial charge in [-0.05, 0) is 12.1 Å². The van der Waals surface area contributed by atoms with Crippen molar-refractivity contribution in [3.05, 3.63) is 30.4 Å². The molecule has 1 spiro atoms. The first-order chi connectivity index (χ1) is 11.3. The summed E-state index contributed by atoms with van der Waals surface area (Å²) in [5.41, 5.74) is 0. The van der Waals surface area contributed by atoms with Crippen molar-refractivity contribution in [2.24, 2.45) is 0 Å². The lowest BCUT2D eigenvalue weighted by molar-refractivity contribution is -0.169. The van der Waals surface area contributed by atoms with E-state index in [9.17, 15) is 0 Å². The van der Waals surface area contributed by atoms with Gasteiger partial charge >= 0.3 is 0 Å². The van der Waals surface area contributed by atoms with Crippen molar-refractivity contribution in [1.29, 1.82) is 0 Å². The molecule has 4 heterocycles. The van der Waals surface area contributed by atoms with Crippen LogP contribution < -0.4 is 10.2 Å². The Kier molecular flexibility index (Phi) is 3.84. The van der Waals surface area contributed by atoms with Crippen molar-refractivity contribution in [2.45, 2.75) is 25.2 Å². The normalized spacial score (nSPS) is 20.1. The molecule has 2 aliphatic heterocycles. The molecule has 2 aliphatic rings. The van der Waals surface area contributed by atoms with Crippen LogP contribution in [0.25, 0.3) is 0 Å². The third kappa shape index (κ3) is 3.13. The van der Waals surface area contributed by atoms with E-state index in [2.05, 4.69) is 25.4 Å². The van der Waals surface area contributed by atoms with Crippen LogP contribution in [0.15, 0.2) is 29.0 Å². The molecule has 2 aromatic rings. The zero-order chi connectivity index (χ0) is 15.5. The summed E-state index contributed by atoms with van der Waals surface area (Å²) in [4.78, 5) is 6.64. The maximum Gasteiger partial charge on any atom is 0.247 e. The molecule has 23 heavy (non-hydrogen) atoms. The highest BCUT2D eigenvalue weighted by atomic mass is 16.7. The standard InChI is InChI=1S/C15H19N5O3/c1-2-12(21-7-1)10-16-13-11-17-19-14(18-13)20-5-3-15(4-6-20)22-8-9-23-15/h1-2,7,11H,3-6,8-10H2,(H,16,18,19). The molecule has 122 valence electrons. The van der Waals surface area contributed by atoms with Gasteiger partial charge in [0.05, 0.1) is 32.2 Å². The SMILES string of the molecule is c1coc(CNc2cnnc(N3CCC4(CC3)OCCO4)n2)c1. The number of hydrogen-bond acceptors (Lipinski definition) is 8. The molecule has 8 nitrogen and oxygen atoms in total. The van der Waals surface area contributed by atoms with E-state index in [1.54, 1.807) is 12.5 Å². The summed E-state index contributed by atoms with van der Waals surface area (Å²) in [7, 11) is 0. The molecular formula is C15H19N5O3. The van der Waals surface area contributed by atoms with Gasteiger partial charge in [-0.25, -0.2) is 0 Å². The van der Waals surface area contributed by atoms with Crippen molar-refractivity contribution >= 4 is 11.8 Å². The predicted molar refractivity (Wildman–Crippen MR) is 81.9 cm³/mol. The first-order valence-electron chi connectivity index (χ1n) is 7.82. The van der Waals surface area contributed by atoms with Gasteiger partial charge in [0.15, 0.2) is 11.6 Å². The van der Waals surface area contributed by atoms with E-state index in [0.29, 0.717) is 31.5 Å². The van der Waals surface area contributed by atoms with E-state index in [-0.39, 0.29) is 5.79 Å². The number of aromatic nitrogens is 3. The Balaban J connectivity index is 1.38. The zero-order valence-corrected chi connectivity index (χ0v) is 12.8. The number of ether oxygens (including phenoxy) is 2. The molecule has 0 unspecified atom stereocenters. The van der Waals surface area contributed by atoms with Gasteiger partial charge in [0, 0.05) is 25.9 Å². The second-order valence-corrected chi connectivity index (χ2v) is 5.67. The van der Waals surface area contributed by atoms with E-state index in [4.69, 9.17) is 13.9 Å². The van der Waals surface area contributed by atoms with Crippen LogP contribution in [-0.2, 0) is 16.0 Å². The first kappa shape index (κ1) is 14.4. The van der Waals surface area contributed by atoms with Crippen molar-refractivity contribution in [3.8, 4) is 0 Å². The molecule has 2 aromatic heterocycles. The summed E-state index contributed by atoms with van der Waals surface area (Å²) >= 11 is 0. The maximum atomic E-state index is 5.74. The van der Waals surface area contributed by atoms with Crippen LogP contribution in [0.2, 0.25) is 0 Å². The number of nitrogens with one attached hydrogen (secondary N) is 1. The number of anilines is 2. The summed E-state index contributed by atoms with van der Waals surface area (Å²) in [5.74, 6) is 1.77. The highest BCUT2D eigenvalue weighted by Crippen LogP contribution is 2.32. The Bertz CT molecular complexity index is 632. The first-order valence-corrected chi connectivity index (χ1v) is 7.82. The fraction of sp³-hybridized carbons (Fsp3) is 0.533. The van der Waals surface area contributed by atoms with Crippen LogP contribution in [-0.4, -0.2) is 47.3 Å². The fourth-order valence-corrected chi connectivity index (χ4v) is 2.94. The molecule has 0 atom stereocenters. The highest BCUT2D eigenvalue weighted by Gasteiger charge is 2.40. The van der Waals surface area contributed by atoms with Gasteiger partial charge in [0.25, 0.3) is 0 Å². The average molecular weight is 317 g/mol. The van der Waals surface area contributed by atoms with Crippen molar-refractivity contribution < 1.29 is 13.9 Å². The number of nitrogens with zero attached hydrogens (tertiary/aromatic N) is 4. The Hall–Kier alpha value is -2.19. The molecule has 8 heteroatoms. The minimum Gasteiger partial charge on any atom is -0.467 e. The molecular weight excluding hydrogens is 298 g/mol. The zero-order valence-electron chi connectivity index (χ0n) is 12.8. The lowest BCUT2D eigenvalue weighted by Gasteiger charge is -2.37. The quantitative estimate of drug-likeness (QED) is 0.906. The van der Waals surface area contributed by atoms with E-state index < -0.39 is 0 Å². The molecule has 0 aromatic carbocycles. The van der Waals surface area contributed by atoms with E-state index in [1.165, 1.54) is 0 Å². The summed E-state index contributed by atoms with van der Waals surface area (Å²) < 4.78 is 16.8. The van der Waals surface area contributed by atoms with Gasteiger partial charge in [-0.2, -0.15) is 10.1 Å². The molecule has 4 rings (SSSR count). The fourth-order valence-electron chi connectivity index (χ4n) is 2.94. The summed E-state index contributed by atoms with van der Waals surface area (Å²) in [5, 5.41) is 11.4. The summed E-state index contributed by atoms with van der Waals surface area (Å²) in [6.45, 7) is 3.52. The Morgan fingerprint density at radius 1 is 1.22 bits per heavy atom. The van der Waals surface area contributed by atoms with Crippen LogP contribution in [0.5, 0.6) is 0 Å². The smallest absolute Gasteiger partial charge is 0.247 e. The molecule has 0 bridgehead atoms. The highest BCUT2D eigenvalue weighted by molar-refractivity contribution is 5.39. The Morgan fingerprint density at radius 2 is 2.04 bits per heavy atom. The van der Waals surface area contributed by atoms with Gasteiger partial charge in [-0.1, -0.05) is 0 Å². The second-order valence-electron chi connectivity index (χ2n) is 5.67. The molecule has 0 radical (unpaired) electrons. The van der Waals surface area contributed by atoms with Crippen LogP contribution in [0.3, 0.4) is 0 Å². The third-order valence-electron chi connectivity index (χ3n) is 4.19. The van der Waals surface area contributed by atoms with Crippen molar-refractivity contribution in [3.63, 3.8) is 0 Å². The number of rotatable bonds is 4. The molecule has 1 N–H and O–H groups in total.